The molecule has 1 aromatic carbocycles. The average Bonchev–Trinajstić information content (AvgIpc) is 2.55. The Morgan fingerprint density at radius 1 is 1.18 bits per heavy atom. The Hall–Kier alpha value is -1.79. The van der Waals surface area contributed by atoms with E-state index in [-0.39, 0.29) is 11.9 Å². The number of carbonyl (C=O) groups is 1. The van der Waals surface area contributed by atoms with Gasteiger partial charge < -0.3 is 19.5 Å². The van der Waals surface area contributed by atoms with Gasteiger partial charge in [0.2, 0.25) is 5.91 Å². The van der Waals surface area contributed by atoms with Gasteiger partial charge >= 0.3 is 0 Å². The molecule has 0 aromatic heterocycles. The van der Waals surface area contributed by atoms with Gasteiger partial charge in [0.25, 0.3) is 0 Å². The minimum Gasteiger partial charge on any atom is -0.486 e. The summed E-state index contributed by atoms with van der Waals surface area (Å²) in [5.41, 5.74) is 1.01. The van der Waals surface area contributed by atoms with E-state index in [2.05, 4.69) is 10.2 Å². The first-order chi connectivity index (χ1) is 10.7. The largest absolute Gasteiger partial charge is 0.486 e. The lowest BCUT2D eigenvalue weighted by atomic mass is 10.1. The predicted octanol–water partition coefficient (Wildman–Crippen LogP) is 0.967. The van der Waals surface area contributed by atoms with Gasteiger partial charge in [0.1, 0.15) is 13.2 Å². The topological polar surface area (TPSA) is 60.0 Å². The van der Waals surface area contributed by atoms with Crippen LogP contribution >= 0.6 is 0 Å². The fourth-order valence-electron chi connectivity index (χ4n) is 2.66. The van der Waals surface area contributed by atoms with Gasteiger partial charge in [-0.15, -0.1) is 0 Å². The standard InChI is InChI=1S/C16H22N2O4/c1-12(17-16(19)11-18-4-6-20-7-5-18)13-2-3-14-15(10-13)22-9-8-21-14/h2-3,10,12H,4-9,11H2,1H3,(H,17,19). The number of morpholine rings is 1. The van der Waals surface area contributed by atoms with Crippen LogP contribution in [0, 0.1) is 0 Å². The van der Waals surface area contributed by atoms with Crippen molar-refractivity contribution in [2.45, 2.75) is 13.0 Å². The quantitative estimate of drug-likeness (QED) is 0.898. The Morgan fingerprint density at radius 3 is 2.68 bits per heavy atom. The third-order valence-electron chi connectivity index (χ3n) is 3.91. The number of carbonyl (C=O) groups excluding carboxylic acids is 1. The van der Waals surface area contributed by atoms with Crippen LogP contribution in [0.2, 0.25) is 0 Å². The van der Waals surface area contributed by atoms with E-state index >= 15 is 0 Å². The first-order valence-electron chi connectivity index (χ1n) is 7.71. The molecule has 1 saturated heterocycles. The highest BCUT2D eigenvalue weighted by Crippen LogP contribution is 2.32. The number of benzene rings is 1. The summed E-state index contributed by atoms with van der Waals surface area (Å²) in [6.07, 6.45) is 0. The zero-order chi connectivity index (χ0) is 15.4. The highest BCUT2D eigenvalue weighted by atomic mass is 16.6. The third kappa shape index (κ3) is 3.69. The molecule has 1 fully saturated rings. The van der Waals surface area contributed by atoms with Crippen molar-refractivity contribution in [2.75, 3.05) is 46.1 Å². The van der Waals surface area contributed by atoms with Gasteiger partial charge in [-0.3, -0.25) is 9.69 Å². The van der Waals surface area contributed by atoms with Gasteiger partial charge in [0.15, 0.2) is 11.5 Å². The monoisotopic (exact) mass is 306 g/mol. The SMILES string of the molecule is CC(NC(=O)CN1CCOCC1)c1ccc2c(c1)OCCO2. The van der Waals surface area contributed by atoms with E-state index in [1.165, 1.54) is 0 Å². The Bertz CT molecular complexity index is 529. The maximum absolute atomic E-state index is 12.1. The molecular formula is C16H22N2O4. The van der Waals surface area contributed by atoms with Crippen molar-refractivity contribution < 1.29 is 19.0 Å². The fraction of sp³-hybridized carbons (Fsp3) is 0.562. The lowest BCUT2D eigenvalue weighted by Gasteiger charge is -2.26. The molecule has 1 N–H and O–H groups in total. The van der Waals surface area contributed by atoms with Crippen LogP contribution in [0.4, 0.5) is 0 Å². The summed E-state index contributed by atoms with van der Waals surface area (Å²) in [5.74, 6) is 1.55. The van der Waals surface area contributed by atoms with Crippen LogP contribution in [0.3, 0.4) is 0 Å². The molecule has 2 aliphatic rings. The summed E-state index contributed by atoms with van der Waals surface area (Å²) in [6, 6.07) is 5.74. The molecule has 6 nitrogen and oxygen atoms in total. The van der Waals surface area contributed by atoms with Crippen LogP contribution in [0.5, 0.6) is 11.5 Å². The average molecular weight is 306 g/mol. The molecule has 0 spiro atoms. The van der Waals surface area contributed by atoms with Crippen molar-refractivity contribution in [1.29, 1.82) is 0 Å². The molecule has 0 saturated carbocycles. The molecule has 0 aliphatic carbocycles. The zero-order valence-corrected chi connectivity index (χ0v) is 12.8. The van der Waals surface area contributed by atoms with E-state index < -0.39 is 0 Å². The van der Waals surface area contributed by atoms with Crippen molar-refractivity contribution in [2.24, 2.45) is 0 Å². The van der Waals surface area contributed by atoms with Gasteiger partial charge in [-0.2, -0.15) is 0 Å². The zero-order valence-electron chi connectivity index (χ0n) is 12.8. The molecule has 2 aliphatic heterocycles. The maximum atomic E-state index is 12.1. The second kappa shape index (κ2) is 6.98. The van der Waals surface area contributed by atoms with E-state index in [9.17, 15) is 4.79 Å². The molecule has 2 heterocycles. The van der Waals surface area contributed by atoms with Crippen LogP contribution in [0.25, 0.3) is 0 Å². The molecule has 120 valence electrons. The minimum atomic E-state index is -0.0654. The number of nitrogens with one attached hydrogen (secondary N) is 1. The number of hydrogen-bond acceptors (Lipinski definition) is 5. The number of fused-ring (bicyclic) bond motifs is 1. The smallest absolute Gasteiger partial charge is 0.234 e. The van der Waals surface area contributed by atoms with E-state index in [1.54, 1.807) is 0 Å². The molecule has 3 rings (SSSR count). The van der Waals surface area contributed by atoms with E-state index in [1.807, 2.05) is 25.1 Å². The van der Waals surface area contributed by atoms with Gasteiger partial charge in [-0.1, -0.05) is 6.07 Å². The summed E-state index contributed by atoms with van der Waals surface area (Å²) in [7, 11) is 0. The molecule has 1 unspecified atom stereocenters. The number of rotatable bonds is 4. The minimum absolute atomic E-state index is 0.0317. The van der Waals surface area contributed by atoms with Gasteiger partial charge in [-0.05, 0) is 24.6 Å². The van der Waals surface area contributed by atoms with Crippen LogP contribution in [-0.4, -0.2) is 56.9 Å². The van der Waals surface area contributed by atoms with Crippen LogP contribution in [-0.2, 0) is 9.53 Å². The van der Waals surface area contributed by atoms with Crippen molar-refractivity contribution in [3.05, 3.63) is 23.8 Å². The van der Waals surface area contributed by atoms with Crippen molar-refractivity contribution in [1.82, 2.24) is 10.2 Å². The van der Waals surface area contributed by atoms with E-state index in [0.717, 1.165) is 30.2 Å². The Morgan fingerprint density at radius 2 is 1.91 bits per heavy atom. The number of nitrogens with zero attached hydrogens (tertiary/aromatic N) is 1. The molecular weight excluding hydrogens is 284 g/mol. The molecule has 0 bridgehead atoms. The summed E-state index contributed by atoms with van der Waals surface area (Å²) in [5, 5.41) is 3.03. The molecule has 6 heteroatoms. The third-order valence-corrected chi connectivity index (χ3v) is 3.91. The molecule has 0 radical (unpaired) electrons. The highest BCUT2D eigenvalue weighted by molar-refractivity contribution is 5.78. The van der Waals surface area contributed by atoms with Gasteiger partial charge in [0, 0.05) is 13.1 Å². The first-order valence-corrected chi connectivity index (χ1v) is 7.71. The molecule has 1 aromatic rings. The van der Waals surface area contributed by atoms with Crippen LogP contribution < -0.4 is 14.8 Å². The fourth-order valence-corrected chi connectivity index (χ4v) is 2.66. The lowest BCUT2D eigenvalue weighted by Crippen LogP contribution is -2.43. The molecule has 1 atom stereocenters. The second-order valence-corrected chi connectivity index (χ2v) is 5.58. The second-order valence-electron chi connectivity index (χ2n) is 5.58. The number of hydrogen-bond donors (Lipinski definition) is 1. The molecule has 22 heavy (non-hydrogen) atoms. The maximum Gasteiger partial charge on any atom is 0.234 e. The lowest BCUT2D eigenvalue weighted by molar-refractivity contribution is -0.123. The Kier molecular flexibility index (Phi) is 4.80. The van der Waals surface area contributed by atoms with Gasteiger partial charge in [0.05, 0.1) is 25.8 Å². The molecule has 1 amide bonds. The van der Waals surface area contributed by atoms with Crippen molar-refractivity contribution in [3.63, 3.8) is 0 Å². The normalized spacial score (nSPS) is 19.5. The van der Waals surface area contributed by atoms with Gasteiger partial charge in [-0.25, -0.2) is 0 Å². The van der Waals surface area contributed by atoms with Crippen molar-refractivity contribution >= 4 is 5.91 Å². The van der Waals surface area contributed by atoms with E-state index in [0.29, 0.717) is 33.0 Å². The summed E-state index contributed by atoms with van der Waals surface area (Å²) in [6.45, 7) is 6.56. The number of amides is 1. The summed E-state index contributed by atoms with van der Waals surface area (Å²) < 4.78 is 16.4. The Labute approximate surface area is 130 Å². The van der Waals surface area contributed by atoms with Crippen LogP contribution in [0.15, 0.2) is 18.2 Å². The first kappa shape index (κ1) is 15.1. The summed E-state index contributed by atoms with van der Waals surface area (Å²) in [4.78, 5) is 14.2. The highest BCUT2D eigenvalue weighted by Gasteiger charge is 2.18. The number of ether oxygens (including phenoxy) is 3. The predicted molar refractivity (Wildman–Crippen MR) is 81.2 cm³/mol. The summed E-state index contributed by atoms with van der Waals surface area (Å²) >= 11 is 0. The Balaban J connectivity index is 1.56. The van der Waals surface area contributed by atoms with Crippen LogP contribution in [0.1, 0.15) is 18.5 Å². The van der Waals surface area contributed by atoms with E-state index in [4.69, 9.17) is 14.2 Å². The van der Waals surface area contributed by atoms with Crippen molar-refractivity contribution in [3.8, 4) is 11.5 Å².